The fraction of sp³-hybridized carbons (Fsp3) is 0.167. The molecule has 0 fully saturated rings. The molecule has 96 valence electrons. The maximum absolute atomic E-state index is 11.2. The van der Waals surface area contributed by atoms with Gasteiger partial charge in [0.05, 0.1) is 12.3 Å². The van der Waals surface area contributed by atoms with Gasteiger partial charge in [-0.05, 0) is 31.2 Å². The SMILES string of the molecule is CCOC(=O)/C=C/c1cc(Cl)ccc1N=C(N)N. The number of benzene rings is 1. The number of rotatable bonds is 4. The number of hydrogen-bond acceptors (Lipinski definition) is 3. The van der Waals surface area contributed by atoms with E-state index >= 15 is 0 Å². The Morgan fingerprint density at radius 3 is 2.83 bits per heavy atom. The smallest absolute Gasteiger partial charge is 0.330 e. The molecule has 0 saturated heterocycles. The Balaban J connectivity index is 3.02. The molecule has 0 aromatic heterocycles. The molecule has 0 saturated carbocycles. The minimum Gasteiger partial charge on any atom is -0.463 e. The molecule has 5 nitrogen and oxygen atoms in total. The van der Waals surface area contributed by atoms with Crippen molar-refractivity contribution in [3.63, 3.8) is 0 Å². The zero-order chi connectivity index (χ0) is 13.5. The van der Waals surface area contributed by atoms with Gasteiger partial charge >= 0.3 is 5.97 Å². The Morgan fingerprint density at radius 2 is 2.22 bits per heavy atom. The first-order valence-corrected chi connectivity index (χ1v) is 5.64. The van der Waals surface area contributed by atoms with Crippen LogP contribution in [0.4, 0.5) is 5.69 Å². The summed E-state index contributed by atoms with van der Waals surface area (Å²) in [6.45, 7) is 2.05. The van der Waals surface area contributed by atoms with Gasteiger partial charge in [0.2, 0.25) is 0 Å². The summed E-state index contributed by atoms with van der Waals surface area (Å²) in [5.41, 5.74) is 11.8. The van der Waals surface area contributed by atoms with E-state index in [1.807, 2.05) is 0 Å². The third kappa shape index (κ3) is 4.47. The van der Waals surface area contributed by atoms with Gasteiger partial charge in [0.1, 0.15) is 0 Å². The minimum atomic E-state index is -0.437. The molecule has 0 spiro atoms. The van der Waals surface area contributed by atoms with Gasteiger partial charge in [-0.3, -0.25) is 0 Å². The summed E-state index contributed by atoms with van der Waals surface area (Å²) in [6, 6.07) is 4.97. The lowest BCUT2D eigenvalue weighted by Gasteiger charge is -2.02. The highest BCUT2D eigenvalue weighted by Gasteiger charge is 2.01. The van der Waals surface area contributed by atoms with E-state index in [4.69, 9.17) is 27.8 Å². The molecular weight excluding hydrogens is 254 g/mol. The normalized spacial score (nSPS) is 10.3. The van der Waals surface area contributed by atoms with Crippen molar-refractivity contribution in [2.75, 3.05) is 6.61 Å². The number of esters is 1. The van der Waals surface area contributed by atoms with Crippen LogP contribution in [0.25, 0.3) is 6.08 Å². The summed E-state index contributed by atoms with van der Waals surface area (Å²) in [5, 5.41) is 0.521. The van der Waals surface area contributed by atoms with Crippen LogP contribution in [0.1, 0.15) is 12.5 Å². The van der Waals surface area contributed by atoms with Gasteiger partial charge in [-0.15, -0.1) is 0 Å². The maximum Gasteiger partial charge on any atom is 0.330 e. The molecular formula is C12H14ClN3O2. The van der Waals surface area contributed by atoms with Crippen LogP contribution in [-0.2, 0) is 9.53 Å². The molecule has 4 N–H and O–H groups in total. The van der Waals surface area contributed by atoms with Crippen molar-refractivity contribution in [3.05, 3.63) is 34.9 Å². The van der Waals surface area contributed by atoms with E-state index in [1.54, 1.807) is 31.2 Å². The average molecular weight is 268 g/mol. The van der Waals surface area contributed by atoms with Crippen LogP contribution < -0.4 is 11.5 Å². The van der Waals surface area contributed by atoms with Crippen LogP contribution in [0.2, 0.25) is 5.02 Å². The largest absolute Gasteiger partial charge is 0.463 e. The highest BCUT2D eigenvalue weighted by Crippen LogP contribution is 2.24. The predicted octanol–water partition coefficient (Wildman–Crippen LogP) is 1.82. The monoisotopic (exact) mass is 267 g/mol. The Kier molecular flexibility index (Phi) is 5.20. The van der Waals surface area contributed by atoms with Crippen molar-refractivity contribution in [2.24, 2.45) is 16.5 Å². The summed E-state index contributed by atoms with van der Waals surface area (Å²) < 4.78 is 4.77. The number of nitrogens with zero attached hydrogens (tertiary/aromatic N) is 1. The topological polar surface area (TPSA) is 90.7 Å². The summed E-state index contributed by atoms with van der Waals surface area (Å²) in [4.78, 5) is 15.1. The molecule has 0 aliphatic carbocycles. The molecule has 0 radical (unpaired) electrons. The summed E-state index contributed by atoms with van der Waals surface area (Å²) in [6.07, 6.45) is 2.84. The second-order valence-electron chi connectivity index (χ2n) is 3.33. The Labute approximate surface area is 110 Å². The molecule has 0 amide bonds. The van der Waals surface area contributed by atoms with Crippen molar-refractivity contribution in [3.8, 4) is 0 Å². The first-order chi connectivity index (χ1) is 8.52. The Morgan fingerprint density at radius 1 is 1.50 bits per heavy atom. The molecule has 0 atom stereocenters. The number of guanidine groups is 1. The number of carbonyl (C=O) groups excluding carboxylic acids is 1. The molecule has 18 heavy (non-hydrogen) atoms. The molecule has 1 rings (SSSR count). The highest BCUT2D eigenvalue weighted by molar-refractivity contribution is 6.30. The van der Waals surface area contributed by atoms with Gasteiger partial charge in [-0.25, -0.2) is 9.79 Å². The maximum atomic E-state index is 11.2. The lowest BCUT2D eigenvalue weighted by molar-refractivity contribution is -0.137. The van der Waals surface area contributed by atoms with Crippen LogP contribution in [0.15, 0.2) is 29.3 Å². The number of carbonyl (C=O) groups is 1. The molecule has 0 unspecified atom stereocenters. The van der Waals surface area contributed by atoms with Gasteiger partial charge in [0.25, 0.3) is 0 Å². The quantitative estimate of drug-likeness (QED) is 0.377. The Bertz CT molecular complexity index is 494. The second-order valence-corrected chi connectivity index (χ2v) is 3.76. The average Bonchev–Trinajstić information content (AvgIpc) is 2.29. The Hall–Kier alpha value is -2.01. The molecule has 0 aliphatic heterocycles. The first-order valence-electron chi connectivity index (χ1n) is 5.27. The zero-order valence-corrected chi connectivity index (χ0v) is 10.6. The van der Waals surface area contributed by atoms with Gasteiger partial charge in [0.15, 0.2) is 5.96 Å². The van der Waals surface area contributed by atoms with Crippen LogP contribution in [0.3, 0.4) is 0 Å². The van der Waals surface area contributed by atoms with Crippen LogP contribution >= 0.6 is 11.6 Å². The molecule has 1 aromatic carbocycles. The minimum absolute atomic E-state index is 0.0666. The highest BCUT2D eigenvalue weighted by atomic mass is 35.5. The number of aliphatic imine (C=N–C) groups is 1. The van der Waals surface area contributed by atoms with Gasteiger partial charge in [0, 0.05) is 16.7 Å². The van der Waals surface area contributed by atoms with Crippen molar-refractivity contribution in [2.45, 2.75) is 6.92 Å². The summed E-state index contributed by atoms with van der Waals surface area (Å²) in [5.74, 6) is -0.503. The molecule has 0 aliphatic rings. The van der Waals surface area contributed by atoms with E-state index in [9.17, 15) is 4.79 Å². The van der Waals surface area contributed by atoms with E-state index in [0.717, 1.165) is 0 Å². The van der Waals surface area contributed by atoms with Gasteiger partial charge < -0.3 is 16.2 Å². The van der Waals surface area contributed by atoms with Crippen molar-refractivity contribution in [1.82, 2.24) is 0 Å². The van der Waals surface area contributed by atoms with Crippen molar-refractivity contribution >= 4 is 35.3 Å². The molecule has 1 aromatic rings. The third-order valence-electron chi connectivity index (χ3n) is 1.92. The van der Waals surface area contributed by atoms with Crippen LogP contribution in [0.5, 0.6) is 0 Å². The van der Waals surface area contributed by atoms with E-state index in [2.05, 4.69) is 4.99 Å². The summed E-state index contributed by atoms with van der Waals surface area (Å²) >= 11 is 5.87. The fourth-order valence-corrected chi connectivity index (χ4v) is 1.43. The van der Waals surface area contributed by atoms with Crippen LogP contribution in [0, 0.1) is 0 Å². The number of nitrogens with two attached hydrogens (primary N) is 2. The van der Waals surface area contributed by atoms with E-state index in [1.165, 1.54) is 6.08 Å². The lowest BCUT2D eigenvalue weighted by atomic mass is 10.1. The van der Waals surface area contributed by atoms with Gasteiger partial charge in [-0.1, -0.05) is 11.6 Å². The van der Waals surface area contributed by atoms with Crippen molar-refractivity contribution < 1.29 is 9.53 Å². The molecule has 0 heterocycles. The van der Waals surface area contributed by atoms with Gasteiger partial charge in [-0.2, -0.15) is 0 Å². The standard InChI is InChI=1S/C12H14ClN3O2/c1-2-18-11(17)6-3-8-7-9(13)4-5-10(8)16-12(14)15/h3-7H,2H2,1H3,(H4,14,15,16)/b6-3+. The number of ether oxygens (including phenoxy) is 1. The summed E-state index contributed by atoms with van der Waals surface area (Å²) in [7, 11) is 0. The molecule has 0 bridgehead atoms. The fourth-order valence-electron chi connectivity index (χ4n) is 1.25. The van der Waals surface area contributed by atoms with Crippen LogP contribution in [-0.4, -0.2) is 18.5 Å². The van der Waals surface area contributed by atoms with E-state index in [0.29, 0.717) is 22.9 Å². The van der Waals surface area contributed by atoms with Crippen molar-refractivity contribution in [1.29, 1.82) is 0 Å². The second kappa shape index (κ2) is 6.66. The number of halogens is 1. The van der Waals surface area contributed by atoms with E-state index < -0.39 is 5.97 Å². The lowest BCUT2D eigenvalue weighted by Crippen LogP contribution is -2.22. The molecule has 6 heteroatoms. The predicted molar refractivity (Wildman–Crippen MR) is 72.6 cm³/mol. The number of hydrogen-bond donors (Lipinski definition) is 2. The third-order valence-corrected chi connectivity index (χ3v) is 2.16. The zero-order valence-electron chi connectivity index (χ0n) is 9.89. The first kappa shape index (κ1) is 14.1. The van der Waals surface area contributed by atoms with E-state index in [-0.39, 0.29) is 5.96 Å².